The Kier molecular flexibility index (Phi) is 16.4. The van der Waals surface area contributed by atoms with Gasteiger partial charge in [0.1, 0.15) is 24.4 Å². The van der Waals surface area contributed by atoms with E-state index in [2.05, 4.69) is 22.5 Å². The topological polar surface area (TPSA) is 271 Å². The highest BCUT2D eigenvalue weighted by Gasteiger charge is 2.54. The van der Waals surface area contributed by atoms with E-state index in [4.69, 9.17) is 24.7 Å². The summed E-state index contributed by atoms with van der Waals surface area (Å²) in [5.74, 6) is -5.51. The molecule has 8 N–H and O–H groups in total. The van der Waals surface area contributed by atoms with Gasteiger partial charge in [-0.15, -0.1) is 0 Å². The van der Waals surface area contributed by atoms with Gasteiger partial charge in [-0.25, -0.2) is 4.79 Å². The lowest BCUT2D eigenvalue weighted by Gasteiger charge is -2.35. The fourth-order valence-corrected chi connectivity index (χ4v) is 7.07. The van der Waals surface area contributed by atoms with Gasteiger partial charge in [-0.2, -0.15) is 0 Å². The van der Waals surface area contributed by atoms with Gasteiger partial charge in [0.15, 0.2) is 24.2 Å². The molecule has 1 aromatic heterocycles. The predicted octanol–water partition coefficient (Wildman–Crippen LogP) is 0.127. The van der Waals surface area contributed by atoms with Crippen molar-refractivity contribution in [3.05, 3.63) is 44.9 Å². The van der Waals surface area contributed by atoms with E-state index in [1.807, 2.05) is 6.92 Å². The zero-order valence-corrected chi connectivity index (χ0v) is 31.7. The highest BCUT2D eigenvalue weighted by molar-refractivity contribution is 5.95. The molecule has 11 atom stereocenters. The lowest BCUT2D eigenvalue weighted by atomic mass is 9.94. The van der Waals surface area contributed by atoms with Crippen molar-refractivity contribution in [2.24, 2.45) is 17.6 Å². The van der Waals surface area contributed by atoms with E-state index in [-0.39, 0.29) is 6.04 Å². The smallest absolute Gasteiger partial charge is 0.330 e. The van der Waals surface area contributed by atoms with Crippen LogP contribution in [0.1, 0.15) is 104 Å². The molecule has 3 aliphatic heterocycles. The number of H-pyrrole nitrogens is 1. The molecule has 0 spiro atoms. The number of carbonyl (C=O) groups excluding carboxylic acids is 4. The molecule has 3 aliphatic rings. The zero-order chi connectivity index (χ0) is 40.2. The summed E-state index contributed by atoms with van der Waals surface area (Å²) >= 11 is 0. The van der Waals surface area contributed by atoms with Crippen molar-refractivity contribution in [1.82, 2.24) is 20.2 Å². The van der Waals surface area contributed by atoms with E-state index < -0.39 is 108 Å². The number of esters is 1. The molecule has 0 saturated carbocycles. The Morgan fingerprint density at radius 3 is 2.42 bits per heavy atom. The number of hydrogen-bond donors (Lipinski definition) is 7. The van der Waals surface area contributed by atoms with Crippen molar-refractivity contribution in [3.63, 3.8) is 0 Å². The molecule has 0 aromatic carbocycles. The van der Waals surface area contributed by atoms with Crippen LogP contribution >= 0.6 is 0 Å². The largest absolute Gasteiger partial charge is 0.457 e. The number of rotatable bonds is 19. The van der Waals surface area contributed by atoms with Crippen LogP contribution in [-0.2, 0) is 38.1 Å². The summed E-state index contributed by atoms with van der Waals surface area (Å²) in [6.45, 7) is 4.92. The van der Waals surface area contributed by atoms with Gasteiger partial charge >= 0.3 is 11.7 Å². The Labute approximate surface area is 319 Å². The average molecular weight is 780 g/mol. The number of unbranched alkanes of at least 4 members (excludes halogenated alkanes) is 7. The van der Waals surface area contributed by atoms with Crippen LogP contribution in [0.25, 0.3) is 0 Å². The monoisotopic (exact) mass is 779 g/mol. The first-order valence-electron chi connectivity index (χ1n) is 19.3. The third kappa shape index (κ3) is 11.7. The number of nitrogens with one attached hydrogen (secondary N) is 3. The molecule has 18 nitrogen and oxygen atoms in total. The van der Waals surface area contributed by atoms with E-state index >= 15 is 0 Å². The molecule has 4 heterocycles. The van der Waals surface area contributed by atoms with Crippen LogP contribution in [0.5, 0.6) is 0 Å². The van der Waals surface area contributed by atoms with Crippen molar-refractivity contribution < 1.29 is 53.4 Å². The van der Waals surface area contributed by atoms with Gasteiger partial charge in [0.25, 0.3) is 11.5 Å². The number of ether oxygens (including phenoxy) is 4. The fourth-order valence-electron chi connectivity index (χ4n) is 7.07. The van der Waals surface area contributed by atoms with Crippen molar-refractivity contribution in [2.75, 3.05) is 6.61 Å². The molecule has 0 bridgehead atoms. The Morgan fingerprint density at radius 1 is 1.07 bits per heavy atom. The molecule has 3 amide bonds. The Balaban J connectivity index is 1.51. The first-order chi connectivity index (χ1) is 26.2. The molecule has 1 aromatic rings. The fraction of sp³-hybridized carbons (Fsp3) is 0.730. The lowest BCUT2D eigenvalue weighted by Crippen LogP contribution is -2.54. The minimum absolute atomic E-state index is 0.0887. The summed E-state index contributed by atoms with van der Waals surface area (Å²) < 4.78 is 24.3. The van der Waals surface area contributed by atoms with Gasteiger partial charge in [0.2, 0.25) is 18.1 Å². The van der Waals surface area contributed by atoms with Gasteiger partial charge in [-0.05, 0) is 38.7 Å². The summed E-state index contributed by atoms with van der Waals surface area (Å²) in [6, 6.07) is 0.0370. The van der Waals surface area contributed by atoms with Crippen LogP contribution in [-0.4, -0.2) is 104 Å². The molecule has 308 valence electrons. The molecule has 55 heavy (non-hydrogen) atoms. The number of aliphatic hydroxyl groups excluding tert-OH is 3. The Bertz CT molecular complexity index is 1610. The molecule has 2 fully saturated rings. The second-order valence-electron chi connectivity index (χ2n) is 14.7. The van der Waals surface area contributed by atoms with Crippen LogP contribution in [0.3, 0.4) is 0 Å². The van der Waals surface area contributed by atoms with Crippen LogP contribution in [0, 0.1) is 11.8 Å². The van der Waals surface area contributed by atoms with Gasteiger partial charge in [-0.3, -0.25) is 33.5 Å². The lowest BCUT2D eigenvalue weighted by molar-refractivity contribution is -0.239. The van der Waals surface area contributed by atoms with Crippen molar-refractivity contribution in [1.29, 1.82) is 0 Å². The summed E-state index contributed by atoms with van der Waals surface area (Å²) in [6.07, 6.45) is 0.968. The van der Waals surface area contributed by atoms with E-state index in [1.54, 1.807) is 6.92 Å². The predicted molar refractivity (Wildman–Crippen MR) is 195 cm³/mol. The maximum atomic E-state index is 13.4. The quantitative estimate of drug-likeness (QED) is 0.0728. The zero-order valence-electron chi connectivity index (χ0n) is 31.7. The maximum absolute atomic E-state index is 13.4. The molecule has 18 heteroatoms. The van der Waals surface area contributed by atoms with Gasteiger partial charge in [0.05, 0.1) is 18.4 Å². The molecule has 4 rings (SSSR count). The van der Waals surface area contributed by atoms with E-state index in [0.29, 0.717) is 25.7 Å². The van der Waals surface area contributed by atoms with Gasteiger partial charge in [0, 0.05) is 18.3 Å². The normalized spacial score (nSPS) is 29.2. The first kappa shape index (κ1) is 43.6. The molecule has 2 saturated heterocycles. The number of nitrogens with two attached hydrogens (primary N) is 1. The molecular weight excluding hydrogens is 722 g/mol. The minimum Gasteiger partial charge on any atom is -0.457 e. The highest BCUT2D eigenvalue weighted by atomic mass is 16.7. The number of nitrogens with zero attached hydrogens (tertiary/aromatic N) is 1. The number of aromatic amines is 1. The summed E-state index contributed by atoms with van der Waals surface area (Å²) in [7, 11) is 0. The van der Waals surface area contributed by atoms with Crippen LogP contribution in [0.4, 0.5) is 0 Å². The average Bonchev–Trinajstić information content (AvgIpc) is 3.40. The minimum atomic E-state index is -1.91. The van der Waals surface area contributed by atoms with Gasteiger partial charge < -0.3 is 50.6 Å². The Morgan fingerprint density at radius 2 is 1.76 bits per heavy atom. The number of primary amides is 1. The molecule has 0 radical (unpaired) electrons. The maximum Gasteiger partial charge on any atom is 0.330 e. The molecule has 0 aliphatic carbocycles. The standard InChI is InChI=1S/C37H57N5O13/c1-4-5-6-7-8-9-10-11-13-20(2)35(50)54-29-22(19-43)28(53-34(29)42-17-16-26(45)41-37(42)51)30(31(38)47)55-36-27(46)24(44)18-25(52-36)33(49)40-23-15-12-14-21(3)39-32(23)48/h16-18,20-24,27-30,34,36,43-44,46H,4-15,19H2,1-3H3,(H2,38,47)(H,39,48)(H,40,49)(H,41,45,51)/t20?,21-,22-,23+,24+,27+,28+,29-,30-,34-,36-/m1/s1. The molecule has 1 unspecified atom stereocenters. The van der Waals surface area contributed by atoms with E-state index in [9.17, 15) is 44.1 Å². The van der Waals surface area contributed by atoms with E-state index in [0.717, 1.165) is 55.0 Å². The third-order valence-electron chi connectivity index (χ3n) is 10.3. The number of amides is 3. The SMILES string of the molecule is CCCCCCCCCCC(C)C(=O)O[C@@H]1[C@H](CO)[C@@H]([C@@H](O[C@H]2OC(C(=O)N[C@H]3CCC[C@@H](C)NC3=O)=C[C@H](O)[C@@H]2O)C(N)=O)O[C@H]1n1ccc(=O)[nH]c1=O. The number of aliphatic hydroxyl groups is 3. The van der Waals surface area contributed by atoms with Crippen LogP contribution < -0.4 is 27.6 Å². The van der Waals surface area contributed by atoms with E-state index in [1.165, 1.54) is 19.3 Å². The first-order valence-corrected chi connectivity index (χ1v) is 19.3. The Hall–Kier alpha value is -4.10. The van der Waals surface area contributed by atoms with Crippen molar-refractivity contribution in [2.45, 2.75) is 153 Å². The molecular formula is C37H57N5O13. The summed E-state index contributed by atoms with van der Waals surface area (Å²) in [5, 5.41) is 37.4. The highest BCUT2D eigenvalue weighted by Crippen LogP contribution is 2.39. The number of aromatic nitrogens is 2. The van der Waals surface area contributed by atoms with Crippen molar-refractivity contribution in [3.8, 4) is 0 Å². The second kappa shape index (κ2) is 20.7. The van der Waals surface area contributed by atoms with Crippen molar-refractivity contribution >= 4 is 23.7 Å². The van der Waals surface area contributed by atoms with Gasteiger partial charge in [-0.1, -0.05) is 65.2 Å². The number of hydrogen-bond acceptors (Lipinski definition) is 13. The number of carbonyl (C=O) groups is 4. The summed E-state index contributed by atoms with van der Waals surface area (Å²) in [5.41, 5.74) is 4.09. The van der Waals surface area contributed by atoms with Crippen LogP contribution in [0.2, 0.25) is 0 Å². The second-order valence-corrected chi connectivity index (χ2v) is 14.7. The third-order valence-corrected chi connectivity index (χ3v) is 10.3. The van der Waals surface area contributed by atoms with Crippen LogP contribution in [0.15, 0.2) is 33.7 Å². The summed E-state index contributed by atoms with van der Waals surface area (Å²) in [4.78, 5) is 79.1.